The number of hydrogen-bond donors (Lipinski definition) is 0. The second-order valence-electron chi connectivity index (χ2n) is 10.1. The van der Waals surface area contributed by atoms with Crippen LogP contribution in [0.4, 0.5) is 0 Å². The molecule has 0 aliphatic carbocycles. The first-order chi connectivity index (χ1) is 17.0. The lowest BCUT2D eigenvalue weighted by Crippen LogP contribution is -2.09. The summed E-state index contributed by atoms with van der Waals surface area (Å²) < 4.78 is 4.78. The van der Waals surface area contributed by atoms with Crippen molar-refractivity contribution in [1.82, 2.24) is 14.1 Å². The molecule has 2 aromatic heterocycles. The number of aryl methyl sites for hydroxylation is 1. The Balaban J connectivity index is 1.87. The van der Waals surface area contributed by atoms with Crippen molar-refractivity contribution in [2.75, 3.05) is 0 Å². The zero-order chi connectivity index (χ0) is 24.3. The van der Waals surface area contributed by atoms with E-state index in [2.05, 4.69) is 129 Å². The van der Waals surface area contributed by atoms with Gasteiger partial charge in [-0.2, -0.15) is 0 Å². The van der Waals surface area contributed by atoms with E-state index in [9.17, 15) is 0 Å². The van der Waals surface area contributed by atoms with E-state index in [4.69, 9.17) is 4.98 Å². The molecule has 4 aromatic carbocycles. The van der Waals surface area contributed by atoms with Gasteiger partial charge in [0.05, 0.1) is 16.7 Å². The molecule has 2 heterocycles. The summed E-state index contributed by atoms with van der Waals surface area (Å²) in [5, 5.41) is 2.67. The highest BCUT2D eigenvalue weighted by atomic mass is 15.1. The molecule has 35 heavy (non-hydrogen) atoms. The Labute approximate surface area is 206 Å². The van der Waals surface area contributed by atoms with E-state index in [-0.39, 0.29) is 0 Å². The summed E-state index contributed by atoms with van der Waals surface area (Å²) in [6, 6.07) is 30.3. The molecule has 0 N–H and O–H groups in total. The number of hydrogen-bond acceptors (Lipinski definition) is 1. The molecule has 0 radical (unpaired) electrons. The van der Waals surface area contributed by atoms with E-state index in [1.165, 1.54) is 38.6 Å². The molecule has 0 saturated heterocycles. The van der Waals surface area contributed by atoms with Crippen molar-refractivity contribution >= 4 is 32.8 Å². The molecule has 6 aromatic rings. The molecule has 0 atom stereocenters. The normalized spacial score (nSPS) is 12.1. The monoisotopic (exact) mass is 457 g/mol. The number of fused-ring (bicyclic) bond motifs is 4. The second kappa shape index (κ2) is 8.13. The minimum Gasteiger partial charge on any atom is -0.344 e. The maximum atomic E-state index is 5.17. The lowest BCUT2D eigenvalue weighted by atomic mass is 9.88. The first-order valence-corrected chi connectivity index (χ1v) is 12.5. The van der Waals surface area contributed by atoms with Crippen molar-refractivity contribution in [3.8, 4) is 17.1 Å². The number of para-hydroxylation sites is 3. The van der Waals surface area contributed by atoms with Gasteiger partial charge in [-0.1, -0.05) is 88.4 Å². The molecule has 174 valence electrons. The number of benzene rings is 4. The summed E-state index contributed by atoms with van der Waals surface area (Å²) >= 11 is 0. The van der Waals surface area contributed by atoms with Crippen LogP contribution in [0.25, 0.3) is 49.9 Å². The Morgan fingerprint density at radius 3 is 2.06 bits per heavy atom. The van der Waals surface area contributed by atoms with E-state index in [1.807, 2.05) is 0 Å². The molecule has 0 amide bonds. The average molecular weight is 458 g/mol. The molecule has 0 aliphatic rings. The zero-order valence-corrected chi connectivity index (χ0v) is 21.1. The van der Waals surface area contributed by atoms with E-state index >= 15 is 0 Å². The fourth-order valence-electron chi connectivity index (χ4n) is 5.64. The summed E-state index contributed by atoms with van der Waals surface area (Å²) in [6.45, 7) is 9.26. The van der Waals surface area contributed by atoms with Gasteiger partial charge < -0.3 is 4.57 Å². The van der Waals surface area contributed by atoms with E-state index in [0.29, 0.717) is 11.8 Å². The van der Waals surface area contributed by atoms with Crippen molar-refractivity contribution in [3.63, 3.8) is 0 Å². The molecule has 6 rings (SSSR count). The Hall–Kier alpha value is -3.85. The molecule has 0 aliphatic heterocycles. The van der Waals surface area contributed by atoms with Crippen LogP contribution < -0.4 is 0 Å². The molecule has 0 fully saturated rings. The van der Waals surface area contributed by atoms with Gasteiger partial charge in [0, 0.05) is 34.4 Å². The van der Waals surface area contributed by atoms with Crippen LogP contribution in [0.3, 0.4) is 0 Å². The third-order valence-electron chi connectivity index (χ3n) is 7.26. The summed E-state index contributed by atoms with van der Waals surface area (Å²) in [5.74, 6) is 1.69. The molecular formula is C32H31N3. The Morgan fingerprint density at radius 1 is 0.686 bits per heavy atom. The van der Waals surface area contributed by atoms with Crippen molar-refractivity contribution < 1.29 is 0 Å². The van der Waals surface area contributed by atoms with Crippen molar-refractivity contribution in [2.24, 2.45) is 7.05 Å². The van der Waals surface area contributed by atoms with Gasteiger partial charge in [-0.05, 0) is 47.2 Å². The molecule has 3 heteroatoms. The Bertz CT molecular complexity index is 1700. The first-order valence-electron chi connectivity index (χ1n) is 12.5. The zero-order valence-electron chi connectivity index (χ0n) is 21.1. The molecular weight excluding hydrogens is 426 g/mol. The predicted octanol–water partition coefficient (Wildman–Crippen LogP) is 8.58. The number of imidazole rings is 1. The average Bonchev–Trinajstić information content (AvgIpc) is 3.39. The third-order valence-corrected chi connectivity index (χ3v) is 7.26. The molecule has 0 unspecified atom stereocenters. The fourth-order valence-corrected chi connectivity index (χ4v) is 5.64. The predicted molar refractivity (Wildman–Crippen MR) is 149 cm³/mol. The van der Waals surface area contributed by atoms with Crippen LogP contribution in [0.1, 0.15) is 50.7 Å². The lowest BCUT2D eigenvalue weighted by molar-refractivity contribution is 0.817. The van der Waals surface area contributed by atoms with Crippen molar-refractivity contribution in [1.29, 1.82) is 0 Å². The molecule has 0 saturated carbocycles. The SMILES string of the molecule is CC(C)c1cc2c(c(C(C)C)c1-n1c(-c3ccccc3)nc3ccccc31)c1ccccc1n2C. The van der Waals surface area contributed by atoms with E-state index in [1.54, 1.807) is 0 Å². The van der Waals surface area contributed by atoms with Crippen LogP contribution in [0.5, 0.6) is 0 Å². The maximum absolute atomic E-state index is 5.17. The van der Waals surface area contributed by atoms with Crippen LogP contribution in [-0.2, 0) is 7.05 Å². The van der Waals surface area contributed by atoms with Crippen LogP contribution in [0, 0.1) is 0 Å². The van der Waals surface area contributed by atoms with Crippen LogP contribution in [0.2, 0.25) is 0 Å². The third kappa shape index (κ3) is 3.22. The topological polar surface area (TPSA) is 22.8 Å². The summed E-state index contributed by atoms with van der Waals surface area (Å²) in [7, 11) is 2.20. The second-order valence-corrected chi connectivity index (χ2v) is 10.1. The van der Waals surface area contributed by atoms with Gasteiger partial charge in [0.2, 0.25) is 0 Å². The number of nitrogens with zero attached hydrogens (tertiary/aromatic N) is 3. The van der Waals surface area contributed by atoms with Crippen molar-refractivity contribution in [2.45, 2.75) is 39.5 Å². The van der Waals surface area contributed by atoms with E-state index < -0.39 is 0 Å². The first kappa shape index (κ1) is 21.7. The van der Waals surface area contributed by atoms with Gasteiger partial charge in [-0.15, -0.1) is 0 Å². The van der Waals surface area contributed by atoms with Crippen molar-refractivity contribution in [3.05, 3.63) is 96.1 Å². The highest BCUT2D eigenvalue weighted by molar-refractivity contribution is 6.11. The van der Waals surface area contributed by atoms with Gasteiger partial charge in [0.1, 0.15) is 5.82 Å². The maximum Gasteiger partial charge on any atom is 0.145 e. The van der Waals surface area contributed by atoms with Crippen LogP contribution in [-0.4, -0.2) is 14.1 Å². The van der Waals surface area contributed by atoms with Gasteiger partial charge in [-0.3, -0.25) is 4.57 Å². The summed E-state index contributed by atoms with van der Waals surface area (Å²) in [5.41, 5.74) is 9.90. The Morgan fingerprint density at radius 2 is 1.34 bits per heavy atom. The largest absolute Gasteiger partial charge is 0.344 e. The Kier molecular flexibility index (Phi) is 5.03. The highest BCUT2D eigenvalue weighted by Gasteiger charge is 2.26. The summed E-state index contributed by atoms with van der Waals surface area (Å²) in [4.78, 5) is 5.17. The van der Waals surface area contributed by atoms with Gasteiger partial charge in [0.25, 0.3) is 0 Å². The smallest absolute Gasteiger partial charge is 0.145 e. The van der Waals surface area contributed by atoms with E-state index in [0.717, 1.165) is 22.4 Å². The number of rotatable bonds is 4. The lowest BCUT2D eigenvalue weighted by Gasteiger charge is -2.24. The summed E-state index contributed by atoms with van der Waals surface area (Å²) in [6.07, 6.45) is 0. The number of aromatic nitrogens is 3. The quantitative estimate of drug-likeness (QED) is 0.260. The standard InChI is InChI=1S/C32H31N3/c1-20(2)24-19-28-30(23-15-9-11-17-26(23)34(28)5)29(21(3)4)31(24)35-27-18-12-10-16-25(27)33-32(35)22-13-7-6-8-14-22/h6-21H,1-5H3. The van der Waals surface area contributed by atoms with Gasteiger partial charge in [0.15, 0.2) is 0 Å². The molecule has 0 spiro atoms. The van der Waals surface area contributed by atoms with Gasteiger partial charge >= 0.3 is 0 Å². The highest BCUT2D eigenvalue weighted by Crippen LogP contribution is 2.44. The van der Waals surface area contributed by atoms with Crippen LogP contribution in [0.15, 0.2) is 84.9 Å². The van der Waals surface area contributed by atoms with Crippen LogP contribution >= 0.6 is 0 Å². The minimum absolute atomic E-state index is 0.335. The molecule has 0 bridgehead atoms. The minimum atomic E-state index is 0.335. The van der Waals surface area contributed by atoms with Gasteiger partial charge in [-0.25, -0.2) is 4.98 Å². The fraction of sp³-hybridized carbons (Fsp3) is 0.219. The molecule has 3 nitrogen and oxygen atoms in total.